The number of ketones is 1. The van der Waals surface area contributed by atoms with Crippen molar-refractivity contribution in [3.05, 3.63) is 59.7 Å². The van der Waals surface area contributed by atoms with E-state index in [-0.39, 0.29) is 50.1 Å². The van der Waals surface area contributed by atoms with Crippen LogP contribution in [0, 0.1) is 0 Å². The fourth-order valence-corrected chi connectivity index (χ4v) is 3.10. The Morgan fingerprint density at radius 3 is 2.29 bits per heavy atom. The maximum Gasteiger partial charge on any atom is 0.245 e. The monoisotopic (exact) mass is 488 g/mol. The van der Waals surface area contributed by atoms with Crippen LogP contribution in [0.1, 0.15) is 35.7 Å². The summed E-state index contributed by atoms with van der Waals surface area (Å²) in [7, 11) is 2.94. The molecule has 0 saturated heterocycles. The van der Waals surface area contributed by atoms with Crippen molar-refractivity contribution in [2.24, 2.45) is 0 Å². The first kappa shape index (κ1) is 27.8. The van der Waals surface area contributed by atoms with Gasteiger partial charge < -0.3 is 34.7 Å². The first-order valence-electron chi connectivity index (χ1n) is 11.1. The Kier molecular flexibility index (Phi) is 11.7. The first-order chi connectivity index (χ1) is 16.8. The SMILES string of the molecule is COCOc1ccc(C(=O)CCC(=O)N[C@H](C(=O)NCc2ccccc2)[C@@H](C)O)c(OCOC)c1. The predicted octanol–water partition coefficient (Wildman–Crippen LogP) is 1.80. The van der Waals surface area contributed by atoms with Crippen molar-refractivity contribution in [1.82, 2.24) is 10.6 Å². The molecule has 0 radical (unpaired) electrons. The number of aliphatic hydroxyl groups excluding tert-OH is 1. The number of amides is 2. The Morgan fingerprint density at radius 2 is 1.63 bits per heavy atom. The summed E-state index contributed by atoms with van der Waals surface area (Å²) >= 11 is 0. The van der Waals surface area contributed by atoms with Crippen LogP contribution in [0.15, 0.2) is 48.5 Å². The number of hydrogen-bond acceptors (Lipinski definition) is 8. The Morgan fingerprint density at radius 1 is 0.943 bits per heavy atom. The van der Waals surface area contributed by atoms with Crippen molar-refractivity contribution in [1.29, 1.82) is 0 Å². The molecule has 0 aliphatic heterocycles. The number of ether oxygens (including phenoxy) is 4. The van der Waals surface area contributed by atoms with Crippen molar-refractivity contribution >= 4 is 17.6 Å². The molecule has 2 atom stereocenters. The first-order valence-corrected chi connectivity index (χ1v) is 11.1. The highest BCUT2D eigenvalue weighted by Crippen LogP contribution is 2.26. The molecule has 0 aromatic heterocycles. The number of rotatable bonds is 15. The van der Waals surface area contributed by atoms with Gasteiger partial charge in [0, 0.05) is 39.7 Å². The van der Waals surface area contributed by atoms with E-state index in [1.807, 2.05) is 30.3 Å². The number of methoxy groups -OCH3 is 2. The molecular weight excluding hydrogens is 456 g/mol. The molecule has 2 aromatic carbocycles. The fraction of sp³-hybridized carbons (Fsp3) is 0.400. The van der Waals surface area contributed by atoms with Crippen LogP contribution in [-0.4, -0.2) is 62.7 Å². The Labute approximate surface area is 204 Å². The van der Waals surface area contributed by atoms with E-state index >= 15 is 0 Å². The molecule has 0 saturated carbocycles. The van der Waals surface area contributed by atoms with Crippen LogP contribution >= 0.6 is 0 Å². The van der Waals surface area contributed by atoms with Gasteiger partial charge in [0.25, 0.3) is 0 Å². The van der Waals surface area contributed by atoms with E-state index in [9.17, 15) is 19.5 Å². The van der Waals surface area contributed by atoms with Crippen molar-refractivity contribution in [2.75, 3.05) is 27.8 Å². The van der Waals surface area contributed by atoms with Gasteiger partial charge in [-0.05, 0) is 24.6 Å². The van der Waals surface area contributed by atoms with Gasteiger partial charge >= 0.3 is 0 Å². The lowest BCUT2D eigenvalue weighted by molar-refractivity contribution is -0.131. The molecule has 2 rings (SSSR count). The molecule has 0 bridgehead atoms. The van der Waals surface area contributed by atoms with Crippen molar-refractivity contribution < 1.29 is 38.4 Å². The largest absolute Gasteiger partial charge is 0.467 e. The van der Waals surface area contributed by atoms with Crippen LogP contribution < -0.4 is 20.1 Å². The molecule has 35 heavy (non-hydrogen) atoms. The predicted molar refractivity (Wildman–Crippen MR) is 127 cm³/mol. The highest BCUT2D eigenvalue weighted by Gasteiger charge is 2.26. The van der Waals surface area contributed by atoms with Gasteiger partial charge in [0.2, 0.25) is 11.8 Å². The molecule has 0 heterocycles. The lowest BCUT2D eigenvalue weighted by Gasteiger charge is -2.21. The van der Waals surface area contributed by atoms with Gasteiger partial charge in [-0.15, -0.1) is 0 Å². The number of nitrogens with one attached hydrogen (secondary N) is 2. The molecule has 0 spiro atoms. The van der Waals surface area contributed by atoms with E-state index in [1.54, 1.807) is 6.07 Å². The minimum atomic E-state index is -1.15. The maximum atomic E-state index is 12.8. The number of carbonyl (C=O) groups is 3. The van der Waals surface area contributed by atoms with E-state index in [0.717, 1.165) is 5.56 Å². The quantitative estimate of drug-likeness (QED) is 0.255. The van der Waals surface area contributed by atoms with E-state index in [0.29, 0.717) is 5.75 Å². The summed E-state index contributed by atoms with van der Waals surface area (Å²) in [4.78, 5) is 37.7. The van der Waals surface area contributed by atoms with Gasteiger partial charge in [0.1, 0.15) is 17.5 Å². The smallest absolute Gasteiger partial charge is 0.245 e. The standard InChI is InChI=1S/C25H32N2O8/c1-17(28)24(25(31)26-14-18-7-5-4-6-8-18)27-23(30)12-11-21(29)20-10-9-19(34-15-32-2)13-22(20)35-16-33-3/h4-10,13,17,24,28H,11-12,14-16H2,1-3H3,(H,26,31)(H,27,30)/t17-,24+/m1/s1. The van der Waals surface area contributed by atoms with Gasteiger partial charge in [0.15, 0.2) is 19.4 Å². The minimum Gasteiger partial charge on any atom is -0.467 e. The number of hydrogen-bond donors (Lipinski definition) is 3. The molecular formula is C25H32N2O8. The molecule has 10 nitrogen and oxygen atoms in total. The van der Waals surface area contributed by atoms with Gasteiger partial charge in [0.05, 0.1) is 11.7 Å². The Hall–Kier alpha value is -3.47. The van der Waals surface area contributed by atoms with Crippen LogP contribution in [0.4, 0.5) is 0 Å². The third-order valence-electron chi connectivity index (χ3n) is 4.90. The van der Waals surface area contributed by atoms with E-state index in [4.69, 9.17) is 18.9 Å². The molecule has 2 aromatic rings. The zero-order chi connectivity index (χ0) is 25.6. The van der Waals surface area contributed by atoms with E-state index < -0.39 is 24.0 Å². The van der Waals surface area contributed by atoms with Crippen LogP contribution in [0.25, 0.3) is 0 Å². The molecule has 2 amide bonds. The molecule has 0 unspecified atom stereocenters. The summed E-state index contributed by atoms with van der Waals surface area (Å²) in [5, 5.41) is 15.2. The summed E-state index contributed by atoms with van der Waals surface area (Å²) in [5.41, 5.74) is 1.14. The zero-order valence-electron chi connectivity index (χ0n) is 20.1. The topological polar surface area (TPSA) is 132 Å². The minimum absolute atomic E-state index is 0.0283. The summed E-state index contributed by atoms with van der Waals surface area (Å²) < 4.78 is 20.6. The summed E-state index contributed by atoms with van der Waals surface area (Å²) in [5.74, 6) is -0.725. The molecule has 10 heteroatoms. The van der Waals surface area contributed by atoms with Crippen LogP contribution in [0.3, 0.4) is 0 Å². The Balaban J connectivity index is 1.95. The Bertz CT molecular complexity index is 965. The maximum absolute atomic E-state index is 12.8. The molecule has 0 aliphatic rings. The van der Waals surface area contributed by atoms with Gasteiger partial charge in [-0.3, -0.25) is 14.4 Å². The summed E-state index contributed by atoms with van der Waals surface area (Å²) in [6.45, 7) is 1.61. The van der Waals surface area contributed by atoms with Crippen LogP contribution in [0.5, 0.6) is 11.5 Å². The van der Waals surface area contributed by atoms with Gasteiger partial charge in [-0.25, -0.2) is 0 Å². The third-order valence-corrected chi connectivity index (χ3v) is 4.90. The van der Waals surface area contributed by atoms with E-state index in [2.05, 4.69) is 10.6 Å². The lowest BCUT2D eigenvalue weighted by Crippen LogP contribution is -2.52. The fourth-order valence-electron chi connectivity index (χ4n) is 3.10. The molecule has 0 aliphatic carbocycles. The van der Waals surface area contributed by atoms with E-state index in [1.165, 1.54) is 33.3 Å². The highest BCUT2D eigenvalue weighted by molar-refractivity contribution is 6.00. The lowest BCUT2D eigenvalue weighted by atomic mass is 10.0. The average molecular weight is 489 g/mol. The third kappa shape index (κ3) is 9.36. The highest BCUT2D eigenvalue weighted by atomic mass is 16.7. The average Bonchev–Trinajstić information content (AvgIpc) is 2.86. The second kappa shape index (κ2) is 14.7. The molecule has 0 fully saturated rings. The normalized spacial score (nSPS) is 12.3. The van der Waals surface area contributed by atoms with Gasteiger partial charge in [-0.2, -0.15) is 0 Å². The second-order valence-corrected chi connectivity index (χ2v) is 7.67. The van der Waals surface area contributed by atoms with Crippen LogP contribution in [0.2, 0.25) is 0 Å². The number of carbonyl (C=O) groups excluding carboxylic acids is 3. The second-order valence-electron chi connectivity index (χ2n) is 7.67. The summed E-state index contributed by atoms with van der Waals surface area (Å²) in [6.07, 6.45) is -1.44. The number of benzene rings is 2. The molecule has 190 valence electrons. The van der Waals surface area contributed by atoms with Gasteiger partial charge in [-0.1, -0.05) is 30.3 Å². The number of Topliss-reactive ketones (excluding diaryl/α,β-unsaturated/α-hetero) is 1. The molecule has 3 N–H and O–H groups in total. The van der Waals surface area contributed by atoms with Crippen LogP contribution in [-0.2, 0) is 25.6 Å². The summed E-state index contributed by atoms with van der Waals surface area (Å²) in [6, 6.07) is 12.8. The number of aliphatic hydroxyl groups is 1. The van der Waals surface area contributed by atoms with Crippen molar-refractivity contribution in [3.63, 3.8) is 0 Å². The zero-order valence-corrected chi connectivity index (χ0v) is 20.1. The van der Waals surface area contributed by atoms with Crippen molar-refractivity contribution in [3.8, 4) is 11.5 Å². The van der Waals surface area contributed by atoms with Crippen molar-refractivity contribution in [2.45, 2.75) is 38.5 Å².